The summed E-state index contributed by atoms with van der Waals surface area (Å²) in [6, 6.07) is 11.1. The number of H-pyrrole nitrogens is 1. The van der Waals surface area contributed by atoms with Gasteiger partial charge in [0.2, 0.25) is 5.91 Å². The number of halogens is 1. The summed E-state index contributed by atoms with van der Waals surface area (Å²) in [6.45, 7) is 8.06. The van der Waals surface area contributed by atoms with Gasteiger partial charge in [0.1, 0.15) is 0 Å². The van der Waals surface area contributed by atoms with Gasteiger partial charge in [-0.05, 0) is 31.2 Å². The summed E-state index contributed by atoms with van der Waals surface area (Å²) in [4.78, 5) is 12.5. The van der Waals surface area contributed by atoms with Crippen LogP contribution in [0.25, 0.3) is 5.69 Å². The first-order chi connectivity index (χ1) is 12.2. The third-order valence-electron chi connectivity index (χ3n) is 4.16. The van der Waals surface area contributed by atoms with Gasteiger partial charge in [-0.15, -0.1) is 0 Å². The van der Waals surface area contributed by atoms with Crippen LogP contribution < -0.4 is 5.32 Å². The predicted molar refractivity (Wildman–Crippen MR) is 103 cm³/mol. The predicted octanol–water partition coefficient (Wildman–Crippen LogP) is 4.29. The molecule has 0 saturated carbocycles. The van der Waals surface area contributed by atoms with Crippen LogP contribution in [0.4, 0.5) is 5.82 Å². The Morgan fingerprint density at radius 1 is 1.27 bits per heavy atom. The Bertz CT molecular complexity index is 922. The van der Waals surface area contributed by atoms with E-state index < -0.39 is 5.92 Å². The van der Waals surface area contributed by atoms with E-state index in [1.165, 1.54) is 0 Å². The first kappa shape index (κ1) is 18.2. The van der Waals surface area contributed by atoms with Crippen LogP contribution in [-0.2, 0) is 10.2 Å². The number of nitrogens with zero attached hydrogens (tertiary/aromatic N) is 3. The van der Waals surface area contributed by atoms with Crippen molar-refractivity contribution in [2.45, 2.75) is 39.0 Å². The summed E-state index contributed by atoms with van der Waals surface area (Å²) < 4.78 is 1.71. The summed E-state index contributed by atoms with van der Waals surface area (Å²) in [6.07, 6.45) is 1.82. The number of aromatic nitrogens is 4. The van der Waals surface area contributed by atoms with Crippen LogP contribution in [0.3, 0.4) is 0 Å². The number of carbonyl (C=O) groups is 1. The van der Waals surface area contributed by atoms with Crippen molar-refractivity contribution in [1.29, 1.82) is 0 Å². The van der Waals surface area contributed by atoms with Crippen molar-refractivity contribution in [3.63, 3.8) is 0 Å². The van der Waals surface area contributed by atoms with Gasteiger partial charge in [-0.1, -0.05) is 38.4 Å². The van der Waals surface area contributed by atoms with Crippen LogP contribution in [0.15, 0.2) is 42.6 Å². The maximum Gasteiger partial charge on any atom is 0.234 e. The number of nitrogens with one attached hydrogen (secondary N) is 2. The molecule has 7 heteroatoms. The first-order valence-corrected chi connectivity index (χ1v) is 8.80. The van der Waals surface area contributed by atoms with Gasteiger partial charge in [-0.2, -0.15) is 10.2 Å². The number of hydrogen-bond acceptors (Lipinski definition) is 3. The van der Waals surface area contributed by atoms with Gasteiger partial charge in [0.25, 0.3) is 0 Å². The molecule has 3 aromatic rings. The van der Waals surface area contributed by atoms with Gasteiger partial charge in [0.05, 0.1) is 17.3 Å². The fourth-order valence-corrected chi connectivity index (χ4v) is 2.65. The van der Waals surface area contributed by atoms with E-state index in [1.807, 2.05) is 43.5 Å². The summed E-state index contributed by atoms with van der Waals surface area (Å²) >= 11 is 6.02. The van der Waals surface area contributed by atoms with E-state index in [0.29, 0.717) is 16.5 Å². The molecule has 1 amide bonds. The van der Waals surface area contributed by atoms with Gasteiger partial charge in [0, 0.05) is 28.4 Å². The highest BCUT2D eigenvalue weighted by Gasteiger charge is 2.21. The molecule has 0 saturated heterocycles. The van der Waals surface area contributed by atoms with Crippen LogP contribution >= 0.6 is 11.6 Å². The number of benzene rings is 1. The lowest BCUT2D eigenvalue weighted by atomic mass is 9.92. The molecule has 2 aromatic heterocycles. The van der Waals surface area contributed by atoms with Crippen LogP contribution in [0.5, 0.6) is 0 Å². The van der Waals surface area contributed by atoms with E-state index in [4.69, 9.17) is 11.6 Å². The minimum Gasteiger partial charge on any atom is -0.309 e. The highest BCUT2D eigenvalue weighted by atomic mass is 35.5. The molecule has 0 unspecified atom stereocenters. The van der Waals surface area contributed by atoms with E-state index in [-0.39, 0.29) is 11.3 Å². The number of rotatable bonds is 4. The average molecular weight is 372 g/mol. The molecule has 1 aromatic carbocycles. The van der Waals surface area contributed by atoms with Crippen molar-refractivity contribution >= 4 is 23.3 Å². The third kappa shape index (κ3) is 3.96. The normalized spacial score (nSPS) is 12.8. The van der Waals surface area contributed by atoms with Gasteiger partial charge < -0.3 is 5.32 Å². The molecule has 0 spiro atoms. The SMILES string of the molecule is C[C@H](C(=O)Nc1cc(C(C)(C)C)[nH]n1)c1ccn(-c2cccc(Cl)c2)n1. The summed E-state index contributed by atoms with van der Waals surface area (Å²) in [5, 5.41) is 15.1. The molecule has 2 heterocycles. The first-order valence-electron chi connectivity index (χ1n) is 8.42. The lowest BCUT2D eigenvalue weighted by molar-refractivity contribution is -0.117. The topological polar surface area (TPSA) is 75.6 Å². The summed E-state index contributed by atoms with van der Waals surface area (Å²) in [5.74, 6) is -0.0560. The molecular formula is C19H22ClN5O. The third-order valence-corrected chi connectivity index (χ3v) is 4.39. The van der Waals surface area contributed by atoms with Crippen molar-refractivity contribution < 1.29 is 4.79 Å². The van der Waals surface area contributed by atoms with Gasteiger partial charge in [0.15, 0.2) is 5.82 Å². The van der Waals surface area contributed by atoms with Crippen molar-refractivity contribution in [2.75, 3.05) is 5.32 Å². The van der Waals surface area contributed by atoms with Gasteiger partial charge >= 0.3 is 0 Å². The minimum absolute atomic E-state index is 0.0582. The van der Waals surface area contributed by atoms with E-state index in [2.05, 4.69) is 41.4 Å². The summed E-state index contributed by atoms with van der Waals surface area (Å²) in [7, 11) is 0. The smallest absolute Gasteiger partial charge is 0.234 e. The number of anilines is 1. The van der Waals surface area contributed by atoms with Gasteiger partial charge in [-0.3, -0.25) is 9.89 Å². The van der Waals surface area contributed by atoms with Crippen LogP contribution in [0.2, 0.25) is 5.02 Å². The Morgan fingerprint density at radius 3 is 2.69 bits per heavy atom. The Hall–Kier alpha value is -2.60. The van der Waals surface area contributed by atoms with Crippen molar-refractivity contribution in [2.24, 2.45) is 0 Å². The van der Waals surface area contributed by atoms with Crippen LogP contribution in [0.1, 0.15) is 45.0 Å². The fourth-order valence-electron chi connectivity index (χ4n) is 2.47. The molecule has 0 bridgehead atoms. The monoisotopic (exact) mass is 371 g/mol. The van der Waals surface area contributed by atoms with Crippen LogP contribution in [0, 0.1) is 0 Å². The zero-order valence-corrected chi connectivity index (χ0v) is 16.0. The van der Waals surface area contributed by atoms with Crippen molar-refractivity contribution in [3.8, 4) is 5.69 Å². The molecule has 0 aliphatic rings. The molecule has 0 aliphatic heterocycles. The Balaban J connectivity index is 1.72. The highest BCUT2D eigenvalue weighted by Crippen LogP contribution is 2.23. The number of amides is 1. The standard InChI is InChI=1S/C19H22ClN5O/c1-12(18(26)21-17-11-16(22-23-17)19(2,3)4)15-8-9-25(24-15)14-7-5-6-13(20)10-14/h5-12H,1-4H3,(H2,21,22,23,26)/t12-/m0/s1. The zero-order valence-electron chi connectivity index (χ0n) is 15.2. The Kier molecular flexibility index (Phi) is 4.87. The largest absolute Gasteiger partial charge is 0.309 e. The molecule has 1 atom stereocenters. The zero-order chi connectivity index (χ0) is 18.9. The Morgan fingerprint density at radius 2 is 2.04 bits per heavy atom. The molecular weight excluding hydrogens is 350 g/mol. The number of aromatic amines is 1. The molecule has 0 fully saturated rings. The molecule has 6 nitrogen and oxygen atoms in total. The van der Waals surface area contributed by atoms with E-state index in [0.717, 1.165) is 11.4 Å². The maximum absolute atomic E-state index is 12.5. The fraction of sp³-hybridized carbons (Fsp3) is 0.316. The Labute approximate surface area is 157 Å². The quantitative estimate of drug-likeness (QED) is 0.718. The number of hydrogen-bond donors (Lipinski definition) is 2. The van der Waals surface area contributed by atoms with Gasteiger partial charge in [-0.25, -0.2) is 4.68 Å². The number of carbonyl (C=O) groups excluding carboxylic acids is 1. The molecule has 26 heavy (non-hydrogen) atoms. The second-order valence-electron chi connectivity index (χ2n) is 7.29. The van der Waals surface area contributed by atoms with Crippen molar-refractivity contribution in [3.05, 3.63) is 59.0 Å². The highest BCUT2D eigenvalue weighted by molar-refractivity contribution is 6.30. The maximum atomic E-state index is 12.5. The summed E-state index contributed by atoms with van der Waals surface area (Å²) in [5.41, 5.74) is 2.43. The van der Waals surface area contributed by atoms with Crippen molar-refractivity contribution in [1.82, 2.24) is 20.0 Å². The molecule has 0 radical (unpaired) electrons. The molecule has 136 valence electrons. The lowest BCUT2D eigenvalue weighted by Gasteiger charge is -2.14. The minimum atomic E-state index is -0.412. The molecule has 0 aliphatic carbocycles. The molecule has 2 N–H and O–H groups in total. The average Bonchev–Trinajstić information content (AvgIpc) is 3.23. The van der Waals surface area contributed by atoms with Crippen LogP contribution in [-0.4, -0.2) is 25.9 Å². The molecule has 3 rings (SSSR count). The van der Waals surface area contributed by atoms with E-state index >= 15 is 0 Å². The van der Waals surface area contributed by atoms with E-state index in [1.54, 1.807) is 10.7 Å². The second-order valence-corrected chi connectivity index (χ2v) is 7.73. The second kappa shape index (κ2) is 6.96. The van der Waals surface area contributed by atoms with E-state index in [9.17, 15) is 4.79 Å². The lowest BCUT2D eigenvalue weighted by Crippen LogP contribution is -2.19.